The largest absolute Gasteiger partial charge is 0.445 e. The smallest absolute Gasteiger partial charge is 0.407 e. The van der Waals surface area contributed by atoms with E-state index >= 15 is 0 Å². The minimum absolute atomic E-state index is 0.0123. The van der Waals surface area contributed by atoms with Crippen LogP contribution in [0.4, 0.5) is 9.59 Å². The first-order valence-electron chi connectivity index (χ1n) is 18.9. The van der Waals surface area contributed by atoms with Crippen molar-refractivity contribution < 1.29 is 33.0 Å². The SMILES string of the molecule is C[C@H](O[Si](C)(C)C(C)(C)C)[C@]1(NC(=O)N(C)C)[C@@H](NC(=O)OCc2ccccc2)[C@H]2O[C@@]2(CO[Si](c2ccccc2)(c2ccccc2)C(C)(C)C)[C@]1(C)O. The highest BCUT2D eigenvalue weighted by molar-refractivity contribution is 6.99. The van der Waals surface area contributed by atoms with Crippen LogP contribution in [0.15, 0.2) is 91.0 Å². The van der Waals surface area contributed by atoms with Gasteiger partial charge in [0.05, 0.1) is 18.8 Å². The number of fused-ring (bicyclic) bond motifs is 1. The van der Waals surface area contributed by atoms with E-state index in [2.05, 4.69) is 89.5 Å². The molecule has 0 radical (unpaired) electrons. The van der Waals surface area contributed by atoms with E-state index in [0.717, 1.165) is 15.9 Å². The van der Waals surface area contributed by atoms with Crippen LogP contribution >= 0.6 is 0 Å². The molecule has 3 amide bonds. The Hall–Kier alpha value is -3.53. The number of nitrogens with one attached hydrogen (secondary N) is 2. The number of carbonyl (C=O) groups is 2. The summed E-state index contributed by atoms with van der Waals surface area (Å²) in [4.78, 5) is 29.1. The predicted molar refractivity (Wildman–Crippen MR) is 218 cm³/mol. The molecule has 294 valence electrons. The molecule has 1 heterocycles. The molecule has 6 atom stereocenters. The maximum atomic E-state index is 13.9. The van der Waals surface area contributed by atoms with Gasteiger partial charge in [-0.1, -0.05) is 133 Å². The molecule has 54 heavy (non-hydrogen) atoms. The number of hydrogen-bond acceptors (Lipinski definition) is 7. The Bertz CT molecular complexity index is 1720. The number of nitrogens with zero attached hydrogens (tertiary/aromatic N) is 1. The minimum Gasteiger partial charge on any atom is -0.445 e. The summed E-state index contributed by atoms with van der Waals surface area (Å²) >= 11 is 0. The zero-order valence-corrected chi connectivity index (χ0v) is 36.2. The Labute approximate surface area is 324 Å². The first-order chi connectivity index (χ1) is 25.1. The third-order valence-corrected chi connectivity index (χ3v) is 21.7. The Balaban J connectivity index is 1.64. The molecule has 0 aromatic heterocycles. The molecular formula is C42H61N3O7Si2. The van der Waals surface area contributed by atoms with Crippen molar-refractivity contribution in [1.29, 1.82) is 0 Å². The van der Waals surface area contributed by atoms with E-state index in [-0.39, 0.29) is 23.3 Å². The van der Waals surface area contributed by atoms with E-state index in [1.165, 1.54) is 4.90 Å². The highest BCUT2D eigenvalue weighted by Crippen LogP contribution is 2.62. The maximum absolute atomic E-state index is 13.9. The van der Waals surface area contributed by atoms with Crippen LogP contribution in [-0.2, 0) is 24.9 Å². The standard InChI is InChI=1S/C42H61N3O7Si2/c1-30(52-53(11,12)38(2,3)4)42(44-36(46)45(9)10)34(43-37(47)49-28-31-22-16-13-17-23-31)35-41(51-35,40(42,8)48)29-50-54(39(5,6)7,32-24-18-14-19-25-32)33-26-20-15-21-27-33/h13-27,30,34-35,48H,28-29H2,1-12H3,(H,43,47)(H,44,46)/t30-,34-,35+,40-,41+,42-/m0/s1. The quantitative estimate of drug-likeness (QED) is 0.149. The summed E-state index contributed by atoms with van der Waals surface area (Å²) in [5.41, 5.74) is -3.94. The predicted octanol–water partition coefficient (Wildman–Crippen LogP) is 6.18. The van der Waals surface area contributed by atoms with Crippen molar-refractivity contribution in [3.05, 3.63) is 96.6 Å². The number of benzene rings is 3. The van der Waals surface area contributed by atoms with Crippen LogP contribution in [0.2, 0.25) is 23.2 Å². The molecule has 2 aliphatic rings. The molecule has 1 aliphatic carbocycles. The topological polar surface area (TPSA) is 122 Å². The number of carbonyl (C=O) groups excluding carboxylic acids is 2. The van der Waals surface area contributed by atoms with Gasteiger partial charge >= 0.3 is 12.1 Å². The van der Waals surface area contributed by atoms with Gasteiger partial charge in [0.25, 0.3) is 8.32 Å². The molecule has 1 aliphatic heterocycles. The van der Waals surface area contributed by atoms with Gasteiger partial charge < -0.3 is 39.0 Å². The van der Waals surface area contributed by atoms with Crippen LogP contribution in [0, 0.1) is 0 Å². The summed E-state index contributed by atoms with van der Waals surface area (Å²) in [7, 11) is -2.36. The number of amides is 3. The van der Waals surface area contributed by atoms with Crippen LogP contribution in [0.5, 0.6) is 0 Å². The Kier molecular flexibility index (Phi) is 11.5. The molecule has 12 heteroatoms. The fraction of sp³-hybridized carbons (Fsp3) is 0.524. The van der Waals surface area contributed by atoms with Crippen LogP contribution in [0.25, 0.3) is 0 Å². The molecule has 10 nitrogen and oxygen atoms in total. The molecule has 3 aromatic carbocycles. The monoisotopic (exact) mass is 775 g/mol. The Morgan fingerprint density at radius 1 is 0.870 bits per heavy atom. The van der Waals surface area contributed by atoms with E-state index in [0.29, 0.717) is 0 Å². The lowest BCUT2D eigenvalue weighted by atomic mass is 9.73. The number of aliphatic hydroxyl groups is 1. The maximum Gasteiger partial charge on any atom is 0.407 e. The van der Waals surface area contributed by atoms with Crippen LogP contribution in [-0.4, -0.2) is 94.5 Å². The van der Waals surface area contributed by atoms with E-state index in [1.807, 2.05) is 73.7 Å². The van der Waals surface area contributed by atoms with Gasteiger partial charge in [-0.3, -0.25) is 0 Å². The number of urea groups is 1. The third kappa shape index (κ3) is 7.17. The zero-order valence-electron chi connectivity index (χ0n) is 34.2. The average molecular weight is 776 g/mol. The fourth-order valence-corrected chi connectivity index (χ4v) is 14.1. The number of hydrogen-bond donors (Lipinski definition) is 3. The first-order valence-corrected chi connectivity index (χ1v) is 23.7. The summed E-state index contributed by atoms with van der Waals surface area (Å²) in [6, 6.07) is 28.5. The number of ether oxygens (including phenoxy) is 2. The van der Waals surface area contributed by atoms with Gasteiger partial charge in [-0.2, -0.15) is 0 Å². The molecule has 0 unspecified atom stereocenters. The second-order valence-electron chi connectivity index (χ2n) is 17.8. The van der Waals surface area contributed by atoms with E-state index < -0.39 is 63.7 Å². The first kappa shape index (κ1) is 41.6. The van der Waals surface area contributed by atoms with Crippen molar-refractivity contribution in [3.63, 3.8) is 0 Å². The third-order valence-electron chi connectivity index (χ3n) is 12.2. The highest BCUT2D eigenvalue weighted by atomic mass is 28.4. The molecule has 0 bridgehead atoms. The van der Waals surface area contributed by atoms with Crippen LogP contribution in [0.1, 0.15) is 61.0 Å². The van der Waals surface area contributed by atoms with Crippen molar-refractivity contribution >= 4 is 39.1 Å². The number of epoxide rings is 1. The average Bonchev–Trinajstić information content (AvgIpc) is 3.82. The van der Waals surface area contributed by atoms with Crippen molar-refractivity contribution in [2.24, 2.45) is 0 Å². The van der Waals surface area contributed by atoms with Gasteiger partial charge in [0.2, 0.25) is 0 Å². The van der Waals surface area contributed by atoms with Gasteiger partial charge in [-0.05, 0) is 53.0 Å². The summed E-state index contributed by atoms with van der Waals surface area (Å²) in [5, 5.41) is 21.2. The van der Waals surface area contributed by atoms with Crippen LogP contribution < -0.4 is 21.0 Å². The molecular weight excluding hydrogens is 715 g/mol. The molecule has 3 N–H and O–H groups in total. The number of alkyl carbamates (subject to hydrolysis) is 1. The van der Waals surface area contributed by atoms with Crippen molar-refractivity contribution in [3.8, 4) is 0 Å². The van der Waals surface area contributed by atoms with Crippen molar-refractivity contribution in [1.82, 2.24) is 15.5 Å². The summed E-state index contributed by atoms with van der Waals surface area (Å²) in [6.07, 6.45) is -2.26. The Morgan fingerprint density at radius 2 is 1.37 bits per heavy atom. The molecule has 0 spiro atoms. The van der Waals surface area contributed by atoms with Gasteiger partial charge in [-0.25, -0.2) is 9.59 Å². The second kappa shape index (κ2) is 14.9. The number of rotatable bonds is 12. The lowest BCUT2D eigenvalue weighted by Crippen LogP contribution is -2.79. The summed E-state index contributed by atoms with van der Waals surface area (Å²) < 4.78 is 26.9. The molecule has 1 saturated carbocycles. The molecule has 1 saturated heterocycles. The summed E-state index contributed by atoms with van der Waals surface area (Å²) in [5.74, 6) is 0. The van der Waals surface area contributed by atoms with Crippen molar-refractivity contribution in [2.45, 2.75) is 120 Å². The second-order valence-corrected chi connectivity index (χ2v) is 26.9. The van der Waals surface area contributed by atoms with E-state index in [1.54, 1.807) is 21.0 Å². The van der Waals surface area contributed by atoms with Gasteiger partial charge in [0.15, 0.2) is 8.32 Å². The molecule has 2 fully saturated rings. The zero-order chi connectivity index (χ0) is 40.0. The summed E-state index contributed by atoms with van der Waals surface area (Å²) in [6.45, 7) is 20.8. The van der Waals surface area contributed by atoms with Gasteiger partial charge in [-0.15, -0.1) is 0 Å². The minimum atomic E-state index is -3.11. The van der Waals surface area contributed by atoms with Crippen molar-refractivity contribution in [2.75, 3.05) is 20.7 Å². The van der Waals surface area contributed by atoms with Gasteiger partial charge in [0, 0.05) is 14.1 Å². The molecule has 5 rings (SSSR count). The van der Waals surface area contributed by atoms with E-state index in [9.17, 15) is 14.7 Å². The normalized spacial score (nSPS) is 26.0. The highest BCUT2D eigenvalue weighted by Gasteiger charge is 2.87. The fourth-order valence-electron chi connectivity index (χ4n) is 8.08. The molecule has 3 aromatic rings. The van der Waals surface area contributed by atoms with Crippen LogP contribution in [0.3, 0.4) is 0 Å². The Morgan fingerprint density at radius 3 is 1.83 bits per heavy atom. The lowest BCUT2D eigenvalue weighted by molar-refractivity contribution is -0.140. The van der Waals surface area contributed by atoms with E-state index in [4.69, 9.17) is 18.3 Å². The lowest BCUT2D eigenvalue weighted by Gasteiger charge is -2.53. The van der Waals surface area contributed by atoms with Gasteiger partial charge in [0.1, 0.15) is 29.5 Å².